The van der Waals surface area contributed by atoms with Crippen LogP contribution in [0.4, 0.5) is 0 Å². The first kappa shape index (κ1) is 17.6. The minimum atomic E-state index is -0.380. The Morgan fingerprint density at radius 3 is 2.60 bits per heavy atom. The molecule has 0 spiro atoms. The highest BCUT2D eigenvalue weighted by atomic mass is 16.2. The Balaban J connectivity index is 1.61. The van der Waals surface area contributed by atoms with Crippen molar-refractivity contribution in [3.05, 3.63) is 35.9 Å². The number of piperidine rings is 1. The molecule has 0 saturated carbocycles. The summed E-state index contributed by atoms with van der Waals surface area (Å²) < 4.78 is 0. The van der Waals surface area contributed by atoms with Crippen molar-refractivity contribution in [2.24, 2.45) is 10.2 Å². The maximum absolute atomic E-state index is 13.0. The monoisotopic (exact) mass is 338 g/mol. The van der Waals surface area contributed by atoms with Gasteiger partial charge in [-0.25, -0.2) is 0 Å². The largest absolute Gasteiger partial charge is 0.335 e. The van der Waals surface area contributed by atoms with Crippen LogP contribution in [0.3, 0.4) is 0 Å². The normalized spacial score (nSPS) is 18.5. The van der Waals surface area contributed by atoms with Gasteiger partial charge in [0, 0.05) is 38.3 Å². The average Bonchev–Trinajstić information content (AvgIpc) is 3.44. The topological polar surface area (TPSA) is 57.1 Å². The van der Waals surface area contributed by atoms with Crippen molar-refractivity contribution < 1.29 is 4.79 Å². The van der Waals surface area contributed by atoms with Crippen LogP contribution in [0.25, 0.3) is 0 Å². The molecule has 25 heavy (non-hydrogen) atoms. The first-order valence-corrected chi connectivity index (χ1v) is 9.14. The summed E-state index contributed by atoms with van der Waals surface area (Å²) in [6.45, 7) is 2.62. The highest BCUT2D eigenvalue weighted by Gasteiger charge is 2.40. The molecule has 1 aromatic carbocycles. The highest BCUT2D eigenvalue weighted by Crippen LogP contribution is 2.38. The molecular formula is C20H26N4O. The maximum Gasteiger partial charge on any atom is 0.223 e. The zero-order chi connectivity index (χ0) is 17.5. The highest BCUT2D eigenvalue weighted by molar-refractivity contribution is 5.76. The molecule has 3 rings (SSSR count). The molecule has 2 aliphatic heterocycles. The fraction of sp³-hybridized carbons (Fsp3) is 0.550. The zero-order valence-electron chi connectivity index (χ0n) is 14.7. The van der Waals surface area contributed by atoms with Gasteiger partial charge in [-0.15, -0.1) is 12.3 Å². The molecule has 0 aliphatic carbocycles. The fourth-order valence-corrected chi connectivity index (χ4v) is 3.44. The summed E-state index contributed by atoms with van der Waals surface area (Å²) in [5.41, 5.74) is 0.798. The van der Waals surface area contributed by atoms with Gasteiger partial charge in [0.1, 0.15) is 0 Å². The molecule has 2 aliphatic rings. The molecule has 0 aromatic heterocycles. The van der Waals surface area contributed by atoms with Crippen molar-refractivity contribution in [2.75, 3.05) is 13.1 Å². The molecule has 0 radical (unpaired) electrons. The smallest absolute Gasteiger partial charge is 0.223 e. The number of carbonyl (C=O) groups is 1. The van der Waals surface area contributed by atoms with Gasteiger partial charge in [0.05, 0.1) is 0 Å². The average molecular weight is 338 g/mol. The van der Waals surface area contributed by atoms with Crippen molar-refractivity contribution in [3.8, 4) is 12.3 Å². The number of hydrogen-bond donors (Lipinski definition) is 1. The van der Waals surface area contributed by atoms with E-state index in [0.29, 0.717) is 31.8 Å². The fourth-order valence-electron chi connectivity index (χ4n) is 3.44. The summed E-state index contributed by atoms with van der Waals surface area (Å²) in [6, 6.07) is 10.5. The van der Waals surface area contributed by atoms with Gasteiger partial charge in [0.2, 0.25) is 5.91 Å². The molecule has 0 unspecified atom stereocenters. The molecule has 5 nitrogen and oxygen atoms in total. The third kappa shape index (κ3) is 4.90. The third-order valence-electron chi connectivity index (χ3n) is 5.06. The van der Waals surface area contributed by atoms with Gasteiger partial charge in [-0.2, -0.15) is 10.2 Å². The lowest BCUT2D eigenvalue weighted by Gasteiger charge is -2.35. The number of benzene rings is 1. The van der Waals surface area contributed by atoms with Crippen LogP contribution in [0, 0.1) is 12.3 Å². The van der Waals surface area contributed by atoms with Gasteiger partial charge in [-0.05, 0) is 31.5 Å². The summed E-state index contributed by atoms with van der Waals surface area (Å²) in [4.78, 5) is 15.0. The maximum atomic E-state index is 13.0. The summed E-state index contributed by atoms with van der Waals surface area (Å²) >= 11 is 0. The molecule has 132 valence electrons. The number of hydrogen-bond acceptors (Lipinski definition) is 4. The Morgan fingerprint density at radius 1 is 1.24 bits per heavy atom. The second-order valence-corrected chi connectivity index (χ2v) is 6.87. The minimum absolute atomic E-state index is 0.202. The Kier molecular flexibility index (Phi) is 5.83. The van der Waals surface area contributed by atoms with Crippen LogP contribution in [0.5, 0.6) is 0 Å². The minimum Gasteiger partial charge on any atom is -0.335 e. The van der Waals surface area contributed by atoms with Crippen molar-refractivity contribution in [3.63, 3.8) is 0 Å². The molecule has 1 amide bonds. The van der Waals surface area contributed by atoms with Crippen LogP contribution in [0.1, 0.15) is 44.1 Å². The Bertz CT molecular complexity index is 637. The van der Waals surface area contributed by atoms with Gasteiger partial charge in [-0.1, -0.05) is 30.3 Å². The lowest BCUT2D eigenvalue weighted by molar-refractivity contribution is -0.135. The van der Waals surface area contributed by atoms with Crippen LogP contribution < -0.4 is 5.32 Å². The standard InChI is InChI=1S/C20H26N4O/c1-2-3-12-20(22-23-20)13-9-19(25)24(18-10-14-21-15-11-18)16-17-7-5-4-6-8-17/h1,4-8,18,21H,3,9-16H2. The van der Waals surface area contributed by atoms with E-state index in [9.17, 15) is 4.79 Å². The first-order valence-electron chi connectivity index (χ1n) is 9.14. The molecule has 0 bridgehead atoms. The van der Waals surface area contributed by atoms with E-state index in [1.807, 2.05) is 18.2 Å². The van der Waals surface area contributed by atoms with E-state index in [0.717, 1.165) is 32.4 Å². The lowest BCUT2D eigenvalue weighted by atomic mass is 9.99. The van der Waals surface area contributed by atoms with Crippen molar-refractivity contribution in [1.82, 2.24) is 10.2 Å². The van der Waals surface area contributed by atoms with E-state index >= 15 is 0 Å². The van der Waals surface area contributed by atoms with Gasteiger partial charge >= 0.3 is 0 Å². The number of carbonyl (C=O) groups excluding carboxylic acids is 1. The SMILES string of the molecule is C#CCCC1(CCC(=O)N(Cc2ccccc2)C2CCNCC2)N=N1. The molecule has 5 heteroatoms. The molecule has 1 aromatic rings. The van der Waals surface area contributed by atoms with Crippen molar-refractivity contribution >= 4 is 5.91 Å². The van der Waals surface area contributed by atoms with E-state index in [2.05, 4.69) is 38.5 Å². The van der Waals surface area contributed by atoms with E-state index in [4.69, 9.17) is 6.42 Å². The van der Waals surface area contributed by atoms with E-state index < -0.39 is 0 Å². The number of rotatable bonds is 8. The van der Waals surface area contributed by atoms with Crippen LogP contribution in [0.2, 0.25) is 0 Å². The van der Waals surface area contributed by atoms with Crippen LogP contribution in [-0.4, -0.2) is 35.6 Å². The van der Waals surface area contributed by atoms with Crippen LogP contribution in [0.15, 0.2) is 40.6 Å². The summed E-state index contributed by atoms with van der Waals surface area (Å²) in [5.74, 6) is 2.84. The molecule has 0 atom stereocenters. The summed E-state index contributed by atoms with van der Waals surface area (Å²) in [7, 11) is 0. The van der Waals surface area contributed by atoms with Gasteiger partial charge < -0.3 is 10.2 Å². The molecule has 1 saturated heterocycles. The Labute approximate surface area is 149 Å². The number of terminal acetylenes is 1. The summed E-state index contributed by atoms with van der Waals surface area (Å²) in [6.07, 6.45) is 9.92. The van der Waals surface area contributed by atoms with Gasteiger partial charge in [0.25, 0.3) is 0 Å². The lowest BCUT2D eigenvalue weighted by Crippen LogP contribution is -2.45. The third-order valence-corrected chi connectivity index (χ3v) is 5.06. The van der Waals surface area contributed by atoms with Crippen molar-refractivity contribution in [1.29, 1.82) is 0 Å². The van der Waals surface area contributed by atoms with Crippen LogP contribution in [-0.2, 0) is 11.3 Å². The molecule has 2 heterocycles. The Morgan fingerprint density at radius 2 is 1.96 bits per heavy atom. The van der Waals surface area contributed by atoms with Gasteiger partial charge in [-0.3, -0.25) is 4.79 Å². The number of nitrogens with one attached hydrogen (secondary N) is 1. The van der Waals surface area contributed by atoms with Crippen molar-refractivity contribution in [2.45, 2.75) is 56.8 Å². The molecular weight excluding hydrogens is 312 g/mol. The predicted molar refractivity (Wildman–Crippen MR) is 97.8 cm³/mol. The quantitative estimate of drug-likeness (QED) is 0.741. The van der Waals surface area contributed by atoms with E-state index in [1.54, 1.807) is 0 Å². The second-order valence-electron chi connectivity index (χ2n) is 6.87. The molecule has 1 fully saturated rings. The van der Waals surface area contributed by atoms with Gasteiger partial charge in [0.15, 0.2) is 5.66 Å². The second kappa shape index (κ2) is 8.26. The zero-order valence-corrected chi connectivity index (χ0v) is 14.7. The Hall–Kier alpha value is -2.19. The number of nitrogens with zero attached hydrogens (tertiary/aromatic N) is 3. The number of amides is 1. The van der Waals surface area contributed by atoms with E-state index in [1.165, 1.54) is 5.56 Å². The van der Waals surface area contributed by atoms with Crippen LogP contribution >= 0.6 is 0 Å². The predicted octanol–water partition coefficient (Wildman–Crippen LogP) is 3.12. The first-order chi connectivity index (χ1) is 12.2. The summed E-state index contributed by atoms with van der Waals surface area (Å²) in [5, 5.41) is 11.7. The van der Waals surface area contributed by atoms with E-state index in [-0.39, 0.29) is 11.6 Å². The molecule has 1 N–H and O–H groups in total.